The lowest BCUT2D eigenvalue weighted by Crippen LogP contribution is -2.13. The van der Waals surface area contributed by atoms with Gasteiger partial charge < -0.3 is 4.74 Å². The molecule has 5 heteroatoms. The Morgan fingerprint density at radius 1 is 1.04 bits per heavy atom. The van der Waals surface area contributed by atoms with Crippen LogP contribution < -0.4 is 4.74 Å². The first-order valence-electron chi connectivity index (χ1n) is 8.77. The van der Waals surface area contributed by atoms with Gasteiger partial charge in [-0.2, -0.15) is 0 Å². The molecule has 0 aliphatic heterocycles. The van der Waals surface area contributed by atoms with E-state index in [0.717, 1.165) is 24.0 Å². The monoisotopic (exact) mass is 392 g/mol. The number of benzene rings is 1. The summed E-state index contributed by atoms with van der Waals surface area (Å²) in [7, 11) is 0. The summed E-state index contributed by atoms with van der Waals surface area (Å²) in [6.45, 7) is 2.91. The summed E-state index contributed by atoms with van der Waals surface area (Å²) in [5, 5.41) is 0. The average molecular weight is 394 g/mol. The zero-order chi connectivity index (χ0) is 16.7. The molecule has 23 heavy (non-hydrogen) atoms. The smallest absolute Gasteiger partial charge is 0.341 e. The highest BCUT2D eigenvalue weighted by Crippen LogP contribution is 2.37. The molecule has 0 heterocycles. The van der Waals surface area contributed by atoms with Gasteiger partial charge in [0.2, 0.25) is 0 Å². The van der Waals surface area contributed by atoms with Gasteiger partial charge in [-0.1, -0.05) is 31.9 Å². The van der Waals surface area contributed by atoms with Crippen molar-refractivity contribution < 1.29 is 4.74 Å². The molecule has 130 valence electrons. The first-order valence-corrected chi connectivity index (χ1v) is 14.0. The highest BCUT2D eigenvalue weighted by molar-refractivity contribution is 7.64. The third kappa shape index (κ3) is 7.25. The van der Waals surface area contributed by atoms with E-state index in [2.05, 4.69) is 31.2 Å². The Morgan fingerprint density at radius 3 is 2.26 bits per heavy atom. The van der Waals surface area contributed by atoms with Crippen molar-refractivity contribution in [3.63, 3.8) is 0 Å². The molecule has 1 aromatic carbocycles. The van der Waals surface area contributed by atoms with E-state index in [1.165, 1.54) is 44.1 Å². The second-order valence-electron chi connectivity index (χ2n) is 6.64. The molecule has 1 aliphatic rings. The van der Waals surface area contributed by atoms with Crippen molar-refractivity contribution in [3.8, 4) is 5.75 Å². The van der Waals surface area contributed by atoms with Crippen LogP contribution in [0.3, 0.4) is 0 Å². The van der Waals surface area contributed by atoms with Crippen molar-refractivity contribution in [2.75, 3.05) is 6.61 Å². The van der Waals surface area contributed by atoms with Gasteiger partial charge in [-0.15, -0.1) is 33.2 Å². The van der Waals surface area contributed by atoms with Crippen LogP contribution in [0.1, 0.15) is 63.4 Å². The summed E-state index contributed by atoms with van der Waals surface area (Å²) in [5.41, 5.74) is 1.46. The minimum Gasteiger partial charge on any atom is -0.494 e. The molecule has 0 N–H and O–H groups in total. The van der Waals surface area contributed by atoms with Crippen molar-refractivity contribution in [2.24, 2.45) is 5.92 Å². The SMILES string of the molecule is CCC[C@H]1CC[C@H](c2ccc(OCCC[Si](Cl)(Cl)Cl)cc2)CC1. The Bertz CT molecular complexity index is 450. The summed E-state index contributed by atoms with van der Waals surface area (Å²) < 4.78 is 5.74. The van der Waals surface area contributed by atoms with Crippen LogP contribution in [0.15, 0.2) is 24.3 Å². The summed E-state index contributed by atoms with van der Waals surface area (Å²) in [4.78, 5) is 0. The second kappa shape index (κ2) is 9.55. The number of halogens is 3. The Balaban J connectivity index is 1.74. The largest absolute Gasteiger partial charge is 0.494 e. The molecule has 0 spiro atoms. The molecule has 0 aromatic heterocycles. The summed E-state index contributed by atoms with van der Waals surface area (Å²) in [6.07, 6.45) is 8.96. The van der Waals surface area contributed by atoms with Crippen LogP contribution in [0.4, 0.5) is 0 Å². The number of rotatable bonds is 8. The van der Waals surface area contributed by atoms with E-state index in [-0.39, 0.29) is 0 Å². The van der Waals surface area contributed by atoms with E-state index in [1.54, 1.807) is 0 Å². The van der Waals surface area contributed by atoms with Crippen LogP contribution in [0.2, 0.25) is 6.04 Å². The molecule has 0 bridgehead atoms. The highest BCUT2D eigenvalue weighted by atomic mass is 35.8. The molecule has 0 atom stereocenters. The molecule has 0 radical (unpaired) electrons. The van der Waals surface area contributed by atoms with Crippen LogP contribution in [0.25, 0.3) is 0 Å². The molecule has 0 saturated heterocycles. The maximum absolute atomic E-state index is 5.87. The van der Waals surface area contributed by atoms with Gasteiger partial charge in [0.15, 0.2) is 0 Å². The molecule has 0 amide bonds. The van der Waals surface area contributed by atoms with E-state index in [1.807, 2.05) is 0 Å². The van der Waals surface area contributed by atoms with Gasteiger partial charge in [-0.05, 0) is 67.7 Å². The third-order valence-electron chi connectivity index (χ3n) is 4.77. The quantitative estimate of drug-likeness (QED) is 0.258. The molecule has 1 aliphatic carbocycles. The minimum absolute atomic E-state index is 0.613. The van der Waals surface area contributed by atoms with Crippen molar-refractivity contribution >= 4 is 39.2 Å². The topological polar surface area (TPSA) is 9.23 Å². The summed E-state index contributed by atoms with van der Waals surface area (Å²) in [6, 6.07) is 6.77. The highest BCUT2D eigenvalue weighted by Gasteiger charge is 2.24. The lowest BCUT2D eigenvalue weighted by Gasteiger charge is -2.28. The number of hydrogen-bond acceptors (Lipinski definition) is 1. The standard InChI is InChI=1S/C18H27Cl3OSi/c1-2-4-15-5-7-16(8-6-15)17-9-11-18(12-10-17)22-13-3-14-23(19,20)21/h9-12,15-16H,2-8,13-14H2,1H3/t15-,16-. The molecular formula is C18H27Cl3OSi. The fourth-order valence-electron chi connectivity index (χ4n) is 3.49. The lowest BCUT2D eigenvalue weighted by atomic mass is 9.77. The van der Waals surface area contributed by atoms with Crippen LogP contribution >= 0.6 is 33.2 Å². The maximum Gasteiger partial charge on any atom is 0.341 e. The van der Waals surface area contributed by atoms with Crippen LogP contribution in [0.5, 0.6) is 5.75 Å². The zero-order valence-electron chi connectivity index (χ0n) is 13.9. The van der Waals surface area contributed by atoms with E-state index in [0.29, 0.717) is 12.7 Å². The lowest BCUT2D eigenvalue weighted by molar-refractivity contribution is 0.306. The Kier molecular flexibility index (Phi) is 8.07. The molecule has 2 rings (SSSR count). The van der Waals surface area contributed by atoms with Gasteiger partial charge in [0.25, 0.3) is 0 Å². The first-order chi connectivity index (χ1) is 11.0. The normalized spacial score (nSPS) is 22.1. The van der Waals surface area contributed by atoms with Crippen LogP contribution in [0, 0.1) is 5.92 Å². The predicted molar refractivity (Wildman–Crippen MR) is 104 cm³/mol. The molecular weight excluding hydrogens is 367 g/mol. The molecule has 1 saturated carbocycles. The number of hydrogen-bond donors (Lipinski definition) is 0. The average Bonchev–Trinajstić information content (AvgIpc) is 2.52. The Labute approximate surface area is 155 Å². The Morgan fingerprint density at radius 2 is 1.70 bits per heavy atom. The molecule has 1 fully saturated rings. The van der Waals surface area contributed by atoms with E-state index in [9.17, 15) is 0 Å². The van der Waals surface area contributed by atoms with Gasteiger partial charge >= 0.3 is 6.00 Å². The summed E-state index contributed by atoms with van der Waals surface area (Å²) >= 11 is 17.6. The summed E-state index contributed by atoms with van der Waals surface area (Å²) in [5.74, 6) is 2.60. The van der Waals surface area contributed by atoms with Gasteiger partial charge in [0, 0.05) is 0 Å². The van der Waals surface area contributed by atoms with Crippen molar-refractivity contribution in [2.45, 2.75) is 63.8 Å². The molecule has 1 aromatic rings. The van der Waals surface area contributed by atoms with Crippen LogP contribution in [-0.2, 0) is 0 Å². The second-order valence-corrected chi connectivity index (χ2v) is 15.9. The third-order valence-corrected chi connectivity index (χ3v) is 7.39. The van der Waals surface area contributed by atoms with Crippen molar-refractivity contribution in [1.82, 2.24) is 0 Å². The van der Waals surface area contributed by atoms with Crippen LogP contribution in [-0.4, -0.2) is 12.6 Å². The van der Waals surface area contributed by atoms with Gasteiger partial charge in [0.1, 0.15) is 5.75 Å². The first kappa shape index (κ1) is 19.4. The molecule has 0 unspecified atom stereocenters. The van der Waals surface area contributed by atoms with Gasteiger partial charge in [-0.3, -0.25) is 0 Å². The number of ether oxygens (including phenoxy) is 1. The van der Waals surface area contributed by atoms with Crippen molar-refractivity contribution in [1.29, 1.82) is 0 Å². The fraction of sp³-hybridized carbons (Fsp3) is 0.667. The van der Waals surface area contributed by atoms with E-state index < -0.39 is 6.00 Å². The predicted octanol–water partition coefficient (Wildman–Crippen LogP) is 7.18. The van der Waals surface area contributed by atoms with Gasteiger partial charge in [-0.25, -0.2) is 0 Å². The van der Waals surface area contributed by atoms with Crippen molar-refractivity contribution in [3.05, 3.63) is 29.8 Å². The Hall–Kier alpha value is 0.107. The maximum atomic E-state index is 5.87. The van der Waals surface area contributed by atoms with E-state index in [4.69, 9.17) is 38.0 Å². The minimum atomic E-state index is -2.50. The molecule has 1 nitrogen and oxygen atoms in total. The van der Waals surface area contributed by atoms with Gasteiger partial charge in [0.05, 0.1) is 6.61 Å². The van der Waals surface area contributed by atoms with E-state index >= 15 is 0 Å². The fourth-order valence-corrected chi connectivity index (χ4v) is 5.24. The zero-order valence-corrected chi connectivity index (χ0v) is 17.1.